The van der Waals surface area contributed by atoms with E-state index >= 15 is 0 Å². The van der Waals surface area contributed by atoms with E-state index in [1.54, 1.807) is 7.05 Å². The zero-order chi connectivity index (χ0) is 8.55. The van der Waals surface area contributed by atoms with Crippen LogP contribution in [0.25, 0.3) is 0 Å². The number of rotatable bonds is 1. The lowest BCUT2D eigenvalue weighted by molar-refractivity contribution is 0.897. The normalized spacial score (nSPS) is 14.4. The number of aromatic amines is 1. The monoisotopic (exact) mass is 164 g/mol. The molecule has 0 aromatic carbocycles. The van der Waals surface area contributed by atoms with Gasteiger partial charge in [-0.3, -0.25) is 4.79 Å². The van der Waals surface area contributed by atoms with E-state index in [1.807, 2.05) is 6.07 Å². The average Bonchev–Trinajstić information content (AvgIpc) is 2.49. The average molecular weight is 164 g/mol. The van der Waals surface area contributed by atoms with Crippen molar-refractivity contribution in [3.8, 4) is 0 Å². The van der Waals surface area contributed by atoms with Crippen molar-refractivity contribution >= 4 is 5.69 Å². The zero-order valence-corrected chi connectivity index (χ0v) is 7.11. The summed E-state index contributed by atoms with van der Waals surface area (Å²) in [6.45, 7) is 0. The van der Waals surface area contributed by atoms with E-state index in [2.05, 4.69) is 10.3 Å². The predicted molar refractivity (Wildman–Crippen MR) is 48.6 cm³/mol. The molecular weight excluding hydrogens is 152 g/mol. The highest BCUT2D eigenvalue weighted by Gasteiger charge is 2.12. The van der Waals surface area contributed by atoms with Gasteiger partial charge in [0, 0.05) is 12.7 Å². The highest BCUT2D eigenvalue weighted by atomic mass is 16.1. The van der Waals surface area contributed by atoms with Crippen LogP contribution in [0.2, 0.25) is 0 Å². The Bertz CT molecular complexity index is 354. The molecule has 1 aliphatic rings. The summed E-state index contributed by atoms with van der Waals surface area (Å²) in [7, 11) is 1.77. The van der Waals surface area contributed by atoms with Crippen LogP contribution in [0.5, 0.6) is 0 Å². The molecule has 0 bridgehead atoms. The van der Waals surface area contributed by atoms with Crippen LogP contribution in [0.15, 0.2) is 10.9 Å². The lowest BCUT2D eigenvalue weighted by atomic mass is 10.2. The Morgan fingerprint density at radius 3 is 3.08 bits per heavy atom. The number of hydrogen-bond donors (Lipinski definition) is 2. The maximum atomic E-state index is 11.3. The van der Waals surface area contributed by atoms with Gasteiger partial charge in [0.1, 0.15) is 5.69 Å². The van der Waals surface area contributed by atoms with Crippen LogP contribution in [-0.4, -0.2) is 12.0 Å². The zero-order valence-electron chi connectivity index (χ0n) is 7.11. The molecule has 0 fully saturated rings. The third kappa shape index (κ3) is 1.02. The molecule has 1 aromatic rings. The summed E-state index contributed by atoms with van der Waals surface area (Å²) in [5.41, 5.74) is 3.09. The first kappa shape index (κ1) is 7.40. The van der Waals surface area contributed by atoms with E-state index in [0.29, 0.717) is 5.69 Å². The molecule has 12 heavy (non-hydrogen) atoms. The van der Waals surface area contributed by atoms with Crippen LogP contribution < -0.4 is 10.9 Å². The van der Waals surface area contributed by atoms with E-state index in [0.717, 1.165) is 18.5 Å². The van der Waals surface area contributed by atoms with E-state index in [9.17, 15) is 4.79 Å². The number of anilines is 1. The van der Waals surface area contributed by atoms with Crippen LogP contribution >= 0.6 is 0 Å². The van der Waals surface area contributed by atoms with Crippen molar-refractivity contribution in [2.24, 2.45) is 0 Å². The number of nitrogens with one attached hydrogen (secondary N) is 2. The van der Waals surface area contributed by atoms with Crippen LogP contribution in [0.4, 0.5) is 5.69 Å². The summed E-state index contributed by atoms with van der Waals surface area (Å²) >= 11 is 0. The second kappa shape index (κ2) is 2.66. The van der Waals surface area contributed by atoms with Gasteiger partial charge in [-0.15, -0.1) is 0 Å². The highest BCUT2D eigenvalue weighted by molar-refractivity contribution is 5.45. The third-order valence-corrected chi connectivity index (χ3v) is 2.36. The molecule has 0 amide bonds. The molecule has 0 spiro atoms. The molecular formula is C9H12N2O. The summed E-state index contributed by atoms with van der Waals surface area (Å²) in [6.07, 6.45) is 3.29. The van der Waals surface area contributed by atoms with Crippen molar-refractivity contribution in [3.05, 3.63) is 27.7 Å². The SMILES string of the molecule is CNc1cc2c([nH]c1=O)CCC2. The van der Waals surface area contributed by atoms with Gasteiger partial charge >= 0.3 is 0 Å². The van der Waals surface area contributed by atoms with Crippen LogP contribution in [0.1, 0.15) is 17.7 Å². The molecule has 3 heteroatoms. The van der Waals surface area contributed by atoms with Crippen LogP contribution in [0, 0.1) is 0 Å². The van der Waals surface area contributed by atoms with Gasteiger partial charge in [-0.05, 0) is 30.9 Å². The minimum absolute atomic E-state index is 0.00171. The number of aryl methyl sites for hydroxylation is 2. The number of H-pyrrole nitrogens is 1. The van der Waals surface area contributed by atoms with Gasteiger partial charge in [0.2, 0.25) is 0 Å². The van der Waals surface area contributed by atoms with E-state index in [1.165, 1.54) is 12.0 Å². The predicted octanol–water partition coefficient (Wildman–Crippen LogP) is 0.905. The van der Waals surface area contributed by atoms with Crippen molar-refractivity contribution in [1.82, 2.24) is 4.98 Å². The fraction of sp³-hybridized carbons (Fsp3) is 0.444. The maximum absolute atomic E-state index is 11.3. The second-order valence-electron chi connectivity index (χ2n) is 3.12. The number of hydrogen-bond acceptors (Lipinski definition) is 2. The lowest BCUT2D eigenvalue weighted by Crippen LogP contribution is -2.13. The Kier molecular flexibility index (Phi) is 1.64. The minimum Gasteiger partial charge on any atom is -0.384 e. The highest BCUT2D eigenvalue weighted by Crippen LogP contribution is 2.19. The Labute approximate surface area is 70.8 Å². The molecule has 2 rings (SSSR count). The van der Waals surface area contributed by atoms with E-state index in [4.69, 9.17) is 0 Å². The molecule has 0 saturated carbocycles. The van der Waals surface area contributed by atoms with Gasteiger partial charge in [-0.2, -0.15) is 0 Å². The van der Waals surface area contributed by atoms with E-state index in [-0.39, 0.29) is 5.56 Å². The summed E-state index contributed by atoms with van der Waals surface area (Å²) in [4.78, 5) is 14.2. The summed E-state index contributed by atoms with van der Waals surface area (Å²) in [6, 6.07) is 1.96. The first-order valence-corrected chi connectivity index (χ1v) is 4.24. The quantitative estimate of drug-likeness (QED) is 0.648. The Balaban J connectivity index is 2.57. The van der Waals surface area contributed by atoms with Crippen LogP contribution in [-0.2, 0) is 12.8 Å². The van der Waals surface area contributed by atoms with Crippen LogP contribution in [0.3, 0.4) is 0 Å². The molecule has 1 aliphatic carbocycles. The number of pyridine rings is 1. The largest absolute Gasteiger partial charge is 0.384 e. The summed E-state index contributed by atoms with van der Waals surface area (Å²) in [5, 5.41) is 2.88. The molecule has 64 valence electrons. The van der Waals surface area contributed by atoms with Gasteiger partial charge in [-0.1, -0.05) is 0 Å². The molecule has 0 unspecified atom stereocenters. The Morgan fingerprint density at radius 2 is 2.33 bits per heavy atom. The minimum atomic E-state index is -0.00171. The van der Waals surface area contributed by atoms with E-state index < -0.39 is 0 Å². The van der Waals surface area contributed by atoms with Gasteiger partial charge in [0.25, 0.3) is 5.56 Å². The maximum Gasteiger partial charge on any atom is 0.271 e. The molecule has 0 aliphatic heterocycles. The first-order chi connectivity index (χ1) is 5.81. The Morgan fingerprint density at radius 1 is 1.50 bits per heavy atom. The third-order valence-electron chi connectivity index (χ3n) is 2.36. The molecule has 0 atom stereocenters. The van der Waals surface area contributed by atoms with Crippen molar-refractivity contribution < 1.29 is 0 Å². The molecule has 2 N–H and O–H groups in total. The smallest absolute Gasteiger partial charge is 0.271 e. The first-order valence-electron chi connectivity index (χ1n) is 4.24. The lowest BCUT2D eigenvalue weighted by Gasteiger charge is -2.02. The van der Waals surface area contributed by atoms with Crippen molar-refractivity contribution in [3.63, 3.8) is 0 Å². The molecule has 1 heterocycles. The topological polar surface area (TPSA) is 44.9 Å². The summed E-state index contributed by atoms with van der Waals surface area (Å²) < 4.78 is 0. The number of fused-ring (bicyclic) bond motifs is 1. The summed E-state index contributed by atoms with van der Waals surface area (Å²) in [5.74, 6) is 0. The van der Waals surface area contributed by atoms with Gasteiger partial charge in [-0.25, -0.2) is 0 Å². The van der Waals surface area contributed by atoms with Crippen molar-refractivity contribution in [2.75, 3.05) is 12.4 Å². The molecule has 1 aromatic heterocycles. The fourth-order valence-corrected chi connectivity index (χ4v) is 1.70. The standard InChI is InChI=1S/C9H12N2O/c1-10-8-5-6-3-2-4-7(6)11-9(8)12/h5,10H,2-4H2,1H3,(H,11,12). The molecule has 0 radical (unpaired) electrons. The van der Waals surface area contributed by atoms with Crippen molar-refractivity contribution in [1.29, 1.82) is 0 Å². The molecule has 0 saturated heterocycles. The van der Waals surface area contributed by atoms with Gasteiger partial charge in [0.15, 0.2) is 0 Å². The van der Waals surface area contributed by atoms with Gasteiger partial charge in [0.05, 0.1) is 0 Å². The van der Waals surface area contributed by atoms with Crippen molar-refractivity contribution in [2.45, 2.75) is 19.3 Å². The Hall–Kier alpha value is -1.25. The molecule has 3 nitrogen and oxygen atoms in total. The second-order valence-corrected chi connectivity index (χ2v) is 3.12. The number of aromatic nitrogens is 1. The van der Waals surface area contributed by atoms with Gasteiger partial charge < -0.3 is 10.3 Å². The fourth-order valence-electron chi connectivity index (χ4n) is 1.70.